The molecule has 0 aromatic rings. The highest BCUT2D eigenvalue weighted by atomic mass is 14.8. The molecular formula is C17H33N. The van der Waals surface area contributed by atoms with Gasteiger partial charge in [0.2, 0.25) is 0 Å². The Morgan fingerprint density at radius 2 is 1.33 bits per heavy atom. The summed E-state index contributed by atoms with van der Waals surface area (Å²) in [7, 11) is 0. The fourth-order valence-electron chi connectivity index (χ4n) is 5.65. The first-order chi connectivity index (χ1) is 8.22. The Kier molecular flexibility index (Phi) is 3.84. The van der Waals surface area contributed by atoms with Gasteiger partial charge in [0.25, 0.3) is 0 Å². The van der Waals surface area contributed by atoms with Gasteiger partial charge in [0.05, 0.1) is 0 Å². The second-order valence-electron chi connectivity index (χ2n) is 8.51. The van der Waals surface area contributed by atoms with E-state index < -0.39 is 0 Å². The Morgan fingerprint density at radius 3 is 1.89 bits per heavy atom. The average molecular weight is 251 g/mol. The first kappa shape index (κ1) is 14.4. The van der Waals surface area contributed by atoms with E-state index in [0.29, 0.717) is 11.3 Å². The summed E-state index contributed by atoms with van der Waals surface area (Å²) in [6, 6.07) is 0. The molecule has 2 fully saturated rings. The van der Waals surface area contributed by atoms with E-state index in [9.17, 15) is 0 Å². The Hall–Kier alpha value is -0.0400. The average Bonchev–Trinajstić information content (AvgIpc) is 2.36. The molecule has 106 valence electrons. The van der Waals surface area contributed by atoms with Gasteiger partial charge in [-0.2, -0.15) is 0 Å². The number of hydrogen-bond acceptors (Lipinski definition) is 1. The molecule has 0 saturated heterocycles. The third-order valence-corrected chi connectivity index (χ3v) is 5.75. The molecule has 5 atom stereocenters. The largest absolute Gasteiger partial charge is 0.325 e. The van der Waals surface area contributed by atoms with Crippen LogP contribution in [0.3, 0.4) is 0 Å². The molecule has 2 aliphatic rings. The minimum atomic E-state index is 0.0359. The summed E-state index contributed by atoms with van der Waals surface area (Å²) in [5.74, 6) is 3.25. The lowest BCUT2D eigenvalue weighted by Gasteiger charge is -2.47. The van der Waals surface area contributed by atoms with Gasteiger partial charge in [-0.25, -0.2) is 0 Å². The fourth-order valence-corrected chi connectivity index (χ4v) is 5.65. The van der Waals surface area contributed by atoms with E-state index in [1.54, 1.807) is 0 Å². The van der Waals surface area contributed by atoms with Crippen molar-refractivity contribution in [1.29, 1.82) is 0 Å². The summed E-state index contributed by atoms with van der Waals surface area (Å²) in [6.07, 6.45) is 8.19. The number of nitrogens with two attached hydrogens (primary N) is 1. The predicted molar refractivity (Wildman–Crippen MR) is 79.4 cm³/mol. The predicted octanol–water partition coefficient (Wildman–Crippen LogP) is 4.60. The molecule has 1 heteroatoms. The Labute approximate surface area is 114 Å². The summed E-state index contributed by atoms with van der Waals surface area (Å²) < 4.78 is 0. The SMILES string of the molecule is CC1CCC2CCC(C)CC(C)(N)C2C(C)(C)C1. The highest BCUT2D eigenvalue weighted by Gasteiger charge is 2.48. The van der Waals surface area contributed by atoms with Crippen molar-refractivity contribution in [2.75, 3.05) is 0 Å². The summed E-state index contributed by atoms with van der Waals surface area (Å²) in [5, 5.41) is 0. The maximum absolute atomic E-state index is 6.81. The minimum Gasteiger partial charge on any atom is -0.325 e. The molecule has 0 radical (unpaired) electrons. The summed E-state index contributed by atoms with van der Waals surface area (Å²) in [5.41, 5.74) is 7.26. The molecule has 5 unspecified atom stereocenters. The number of rotatable bonds is 0. The second kappa shape index (κ2) is 4.81. The van der Waals surface area contributed by atoms with Gasteiger partial charge in [-0.1, -0.05) is 40.5 Å². The summed E-state index contributed by atoms with van der Waals surface area (Å²) >= 11 is 0. The monoisotopic (exact) mass is 251 g/mol. The van der Waals surface area contributed by atoms with Crippen LogP contribution >= 0.6 is 0 Å². The first-order valence-corrected chi connectivity index (χ1v) is 8.01. The van der Waals surface area contributed by atoms with Crippen LogP contribution in [0.1, 0.15) is 73.1 Å². The maximum atomic E-state index is 6.81. The van der Waals surface area contributed by atoms with E-state index in [2.05, 4.69) is 34.6 Å². The van der Waals surface area contributed by atoms with Crippen LogP contribution in [0.2, 0.25) is 0 Å². The van der Waals surface area contributed by atoms with Crippen LogP contribution in [0.4, 0.5) is 0 Å². The first-order valence-electron chi connectivity index (χ1n) is 8.01. The van der Waals surface area contributed by atoms with Gasteiger partial charge in [-0.3, -0.25) is 0 Å². The van der Waals surface area contributed by atoms with Crippen molar-refractivity contribution >= 4 is 0 Å². The van der Waals surface area contributed by atoms with Crippen molar-refractivity contribution in [3.8, 4) is 0 Å². The lowest BCUT2D eigenvalue weighted by atomic mass is 9.61. The standard InChI is InChI=1S/C17H33N/c1-12-6-8-14-9-7-13(2)11-17(5,18)15(14)16(3,4)10-12/h12-15H,6-11,18H2,1-5H3. The molecule has 0 bridgehead atoms. The molecular weight excluding hydrogens is 218 g/mol. The van der Waals surface area contributed by atoms with Gasteiger partial charge in [0.15, 0.2) is 0 Å². The third kappa shape index (κ3) is 2.76. The van der Waals surface area contributed by atoms with Crippen LogP contribution in [0.25, 0.3) is 0 Å². The smallest absolute Gasteiger partial charge is 0.0164 e. The molecule has 0 heterocycles. The maximum Gasteiger partial charge on any atom is 0.0164 e. The number of fused-ring (bicyclic) bond motifs is 1. The van der Waals surface area contributed by atoms with Gasteiger partial charge in [0, 0.05) is 5.54 Å². The van der Waals surface area contributed by atoms with E-state index in [4.69, 9.17) is 5.73 Å². The van der Waals surface area contributed by atoms with Gasteiger partial charge in [-0.15, -0.1) is 0 Å². The Balaban J connectivity index is 2.34. The van der Waals surface area contributed by atoms with Crippen LogP contribution in [0, 0.1) is 29.1 Å². The van der Waals surface area contributed by atoms with Crippen LogP contribution in [-0.2, 0) is 0 Å². The quantitative estimate of drug-likeness (QED) is 0.669. The van der Waals surface area contributed by atoms with Crippen LogP contribution in [-0.4, -0.2) is 5.54 Å². The zero-order valence-corrected chi connectivity index (χ0v) is 13.1. The van der Waals surface area contributed by atoms with Crippen molar-refractivity contribution in [3.05, 3.63) is 0 Å². The van der Waals surface area contributed by atoms with Gasteiger partial charge in [0.1, 0.15) is 0 Å². The number of hydrogen-bond donors (Lipinski definition) is 1. The van der Waals surface area contributed by atoms with Crippen LogP contribution < -0.4 is 5.73 Å². The molecule has 2 aliphatic carbocycles. The van der Waals surface area contributed by atoms with Crippen molar-refractivity contribution in [1.82, 2.24) is 0 Å². The van der Waals surface area contributed by atoms with Gasteiger partial charge < -0.3 is 5.73 Å². The van der Waals surface area contributed by atoms with E-state index in [-0.39, 0.29) is 5.54 Å². The molecule has 2 rings (SSSR count). The Bertz CT molecular complexity index is 264. The summed E-state index contributed by atoms with van der Waals surface area (Å²) in [6.45, 7) is 12.1. The summed E-state index contributed by atoms with van der Waals surface area (Å²) in [4.78, 5) is 0. The van der Waals surface area contributed by atoms with Gasteiger partial charge in [-0.05, 0) is 61.7 Å². The van der Waals surface area contributed by atoms with Crippen molar-refractivity contribution in [2.24, 2.45) is 34.8 Å². The van der Waals surface area contributed by atoms with E-state index in [1.807, 2.05) is 0 Å². The normalized spacial score (nSPS) is 49.0. The zero-order chi connectivity index (χ0) is 13.6. The molecule has 0 aromatic carbocycles. The zero-order valence-electron chi connectivity index (χ0n) is 13.1. The molecule has 2 N–H and O–H groups in total. The van der Waals surface area contributed by atoms with Crippen LogP contribution in [0.5, 0.6) is 0 Å². The topological polar surface area (TPSA) is 26.0 Å². The second-order valence-corrected chi connectivity index (χ2v) is 8.51. The van der Waals surface area contributed by atoms with Gasteiger partial charge >= 0.3 is 0 Å². The van der Waals surface area contributed by atoms with E-state index in [0.717, 1.165) is 17.8 Å². The van der Waals surface area contributed by atoms with Crippen molar-refractivity contribution in [2.45, 2.75) is 78.7 Å². The fraction of sp³-hybridized carbons (Fsp3) is 1.00. The molecule has 1 nitrogen and oxygen atoms in total. The molecule has 0 amide bonds. The minimum absolute atomic E-state index is 0.0359. The van der Waals surface area contributed by atoms with Crippen molar-refractivity contribution in [3.63, 3.8) is 0 Å². The lowest BCUT2D eigenvalue weighted by molar-refractivity contribution is 0.0587. The molecule has 0 aliphatic heterocycles. The molecule has 0 aromatic heterocycles. The molecule has 2 saturated carbocycles. The lowest BCUT2D eigenvalue weighted by Crippen LogP contribution is -2.52. The molecule has 0 spiro atoms. The van der Waals surface area contributed by atoms with E-state index in [1.165, 1.54) is 38.5 Å². The van der Waals surface area contributed by atoms with Crippen LogP contribution in [0.15, 0.2) is 0 Å². The Morgan fingerprint density at radius 1 is 0.833 bits per heavy atom. The highest BCUT2D eigenvalue weighted by Crippen LogP contribution is 2.53. The van der Waals surface area contributed by atoms with Crippen molar-refractivity contribution < 1.29 is 0 Å². The third-order valence-electron chi connectivity index (χ3n) is 5.75. The highest BCUT2D eigenvalue weighted by molar-refractivity contribution is 5.02. The molecule has 18 heavy (non-hydrogen) atoms. The van der Waals surface area contributed by atoms with E-state index >= 15 is 0 Å².